The van der Waals surface area contributed by atoms with Crippen LogP contribution in [0.5, 0.6) is 0 Å². The summed E-state index contributed by atoms with van der Waals surface area (Å²) in [5.41, 5.74) is 1.14. The summed E-state index contributed by atoms with van der Waals surface area (Å²) >= 11 is 0. The van der Waals surface area contributed by atoms with Gasteiger partial charge in [0.15, 0.2) is 0 Å². The predicted molar refractivity (Wildman–Crippen MR) is 104 cm³/mol. The zero-order chi connectivity index (χ0) is 19.2. The molecule has 1 unspecified atom stereocenters. The number of hydrogen-bond donors (Lipinski definition) is 0. The maximum absolute atomic E-state index is 12.7. The molecule has 1 aromatic rings. The number of likely N-dealkylation sites (tertiary alicyclic amines) is 1. The van der Waals surface area contributed by atoms with Crippen molar-refractivity contribution in [3.8, 4) is 0 Å². The normalized spacial score (nSPS) is 20.3. The highest BCUT2D eigenvalue weighted by molar-refractivity contribution is 5.80. The van der Waals surface area contributed by atoms with Crippen molar-refractivity contribution in [1.29, 1.82) is 0 Å². The number of benzene rings is 1. The minimum atomic E-state index is 0.0548. The van der Waals surface area contributed by atoms with Crippen molar-refractivity contribution in [2.45, 2.75) is 25.8 Å². The first-order chi connectivity index (χ1) is 13.1. The molecule has 0 N–H and O–H groups in total. The molecule has 2 saturated heterocycles. The van der Waals surface area contributed by atoms with E-state index in [1.165, 1.54) is 0 Å². The lowest BCUT2D eigenvalue weighted by Gasteiger charge is -2.36. The molecule has 0 aromatic heterocycles. The van der Waals surface area contributed by atoms with Crippen molar-refractivity contribution in [3.05, 3.63) is 35.9 Å². The van der Waals surface area contributed by atoms with Crippen LogP contribution in [-0.2, 0) is 14.3 Å². The van der Waals surface area contributed by atoms with E-state index in [-0.39, 0.29) is 23.8 Å². The predicted octanol–water partition coefficient (Wildman–Crippen LogP) is 1.78. The molecule has 1 aromatic carbocycles. The van der Waals surface area contributed by atoms with Crippen LogP contribution in [0.25, 0.3) is 0 Å². The molecule has 3 rings (SSSR count). The third-order valence-corrected chi connectivity index (χ3v) is 5.87. The minimum Gasteiger partial charge on any atom is -0.378 e. The van der Waals surface area contributed by atoms with Gasteiger partial charge in [-0.3, -0.25) is 14.5 Å². The molecule has 1 atom stereocenters. The van der Waals surface area contributed by atoms with Gasteiger partial charge in [-0.15, -0.1) is 0 Å². The molecule has 2 aliphatic rings. The summed E-state index contributed by atoms with van der Waals surface area (Å²) in [5.74, 6) is 0.485. The van der Waals surface area contributed by atoms with Crippen molar-refractivity contribution < 1.29 is 14.3 Å². The first kappa shape index (κ1) is 19.8. The first-order valence-electron chi connectivity index (χ1n) is 9.95. The zero-order valence-corrected chi connectivity index (χ0v) is 16.5. The topological polar surface area (TPSA) is 53.1 Å². The van der Waals surface area contributed by atoms with Gasteiger partial charge in [-0.25, -0.2) is 0 Å². The third-order valence-electron chi connectivity index (χ3n) is 5.87. The molecule has 2 amide bonds. The highest BCUT2D eigenvalue weighted by Gasteiger charge is 2.30. The van der Waals surface area contributed by atoms with Gasteiger partial charge in [0.2, 0.25) is 11.8 Å². The Hall–Kier alpha value is -1.92. The van der Waals surface area contributed by atoms with Crippen LogP contribution in [0.15, 0.2) is 30.3 Å². The molecular formula is C21H31N3O3. The summed E-state index contributed by atoms with van der Waals surface area (Å²) in [6.45, 7) is 6.79. The SMILES string of the molecule is CC(c1ccccc1)N(C)C(=O)CN1CCC(C(=O)N2CCOCC2)CC1. The quantitative estimate of drug-likeness (QED) is 0.790. The maximum atomic E-state index is 12.7. The minimum absolute atomic E-state index is 0.0548. The van der Waals surface area contributed by atoms with Crippen molar-refractivity contribution in [2.24, 2.45) is 5.92 Å². The van der Waals surface area contributed by atoms with E-state index in [0.717, 1.165) is 31.5 Å². The fraction of sp³-hybridized carbons (Fsp3) is 0.619. The molecule has 6 heteroatoms. The first-order valence-corrected chi connectivity index (χ1v) is 9.95. The highest BCUT2D eigenvalue weighted by atomic mass is 16.5. The maximum Gasteiger partial charge on any atom is 0.236 e. The van der Waals surface area contributed by atoms with E-state index in [4.69, 9.17) is 4.74 Å². The van der Waals surface area contributed by atoms with Crippen LogP contribution in [0.4, 0.5) is 0 Å². The molecule has 6 nitrogen and oxygen atoms in total. The van der Waals surface area contributed by atoms with Gasteiger partial charge in [0.25, 0.3) is 0 Å². The number of hydrogen-bond acceptors (Lipinski definition) is 4. The Bertz CT molecular complexity index is 623. The van der Waals surface area contributed by atoms with Crippen LogP contribution in [-0.4, -0.2) is 79.5 Å². The molecule has 27 heavy (non-hydrogen) atoms. The molecule has 0 radical (unpaired) electrons. The lowest BCUT2D eigenvalue weighted by atomic mass is 9.95. The van der Waals surface area contributed by atoms with E-state index >= 15 is 0 Å². The third kappa shape index (κ3) is 5.08. The van der Waals surface area contributed by atoms with Gasteiger partial charge in [0.1, 0.15) is 0 Å². The molecule has 148 valence electrons. The fourth-order valence-corrected chi connectivity index (χ4v) is 3.85. The molecule has 0 bridgehead atoms. The van der Waals surface area contributed by atoms with Crippen molar-refractivity contribution in [3.63, 3.8) is 0 Å². The van der Waals surface area contributed by atoms with Crippen LogP contribution in [0, 0.1) is 5.92 Å². The Kier molecular flexibility index (Phi) is 6.85. The van der Waals surface area contributed by atoms with E-state index in [0.29, 0.717) is 32.8 Å². The van der Waals surface area contributed by atoms with Gasteiger partial charge in [-0.05, 0) is 38.4 Å². The number of nitrogens with zero attached hydrogens (tertiary/aromatic N) is 3. The second kappa shape index (κ2) is 9.33. The van der Waals surface area contributed by atoms with Gasteiger partial charge in [-0.1, -0.05) is 30.3 Å². The smallest absolute Gasteiger partial charge is 0.236 e. The zero-order valence-electron chi connectivity index (χ0n) is 16.5. The summed E-state index contributed by atoms with van der Waals surface area (Å²) < 4.78 is 5.33. The highest BCUT2D eigenvalue weighted by Crippen LogP contribution is 2.22. The van der Waals surface area contributed by atoms with E-state index in [9.17, 15) is 9.59 Å². The van der Waals surface area contributed by atoms with Gasteiger partial charge < -0.3 is 14.5 Å². The lowest BCUT2D eigenvalue weighted by Crippen LogP contribution is -2.48. The van der Waals surface area contributed by atoms with Gasteiger partial charge in [-0.2, -0.15) is 0 Å². The average molecular weight is 373 g/mol. The lowest BCUT2D eigenvalue weighted by molar-refractivity contribution is -0.141. The fourth-order valence-electron chi connectivity index (χ4n) is 3.85. The Balaban J connectivity index is 1.45. The van der Waals surface area contributed by atoms with Crippen molar-refractivity contribution in [1.82, 2.24) is 14.7 Å². The van der Waals surface area contributed by atoms with E-state index in [1.807, 2.05) is 35.0 Å². The standard InChI is InChI=1S/C21H31N3O3/c1-17(18-6-4-3-5-7-18)22(2)20(25)16-23-10-8-19(9-11-23)21(26)24-12-14-27-15-13-24/h3-7,17,19H,8-16H2,1-2H3. The van der Waals surface area contributed by atoms with Gasteiger partial charge >= 0.3 is 0 Å². The number of morpholine rings is 1. The Morgan fingerprint density at radius 2 is 1.74 bits per heavy atom. The van der Waals surface area contributed by atoms with Crippen molar-refractivity contribution >= 4 is 11.8 Å². The number of carbonyl (C=O) groups excluding carboxylic acids is 2. The second-order valence-corrected chi connectivity index (χ2v) is 7.58. The summed E-state index contributed by atoms with van der Waals surface area (Å²) in [5, 5.41) is 0. The molecule has 2 heterocycles. The molecule has 2 aliphatic heterocycles. The van der Waals surface area contributed by atoms with Crippen LogP contribution in [0.3, 0.4) is 0 Å². The van der Waals surface area contributed by atoms with Gasteiger partial charge in [0, 0.05) is 26.1 Å². The van der Waals surface area contributed by atoms with Crippen LogP contribution < -0.4 is 0 Å². The van der Waals surface area contributed by atoms with Gasteiger partial charge in [0.05, 0.1) is 25.8 Å². The molecule has 0 saturated carbocycles. The molecule has 2 fully saturated rings. The average Bonchev–Trinajstić information content (AvgIpc) is 2.74. The number of carbonyl (C=O) groups is 2. The van der Waals surface area contributed by atoms with Crippen LogP contribution >= 0.6 is 0 Å². The largest absolute Gasteiger partial charge is 0.378 e. The number of ether oxygens (including phenoxy) is 1. The number of rotatable bonds is 5. The molecular weight excluding hydrogens is 342 g/mol. The summed E-state index contributed by atoms with van der Waals surface area (Å²) in [7, 11) is 1.87. The van der Waals surface area contributed by atoms with E-state index in [2.05, 4.69) is 24.0 Å². The van der Waals surface area contributed by atoms with Crippen molar-refractivity contribution in [2.75, 3.05) is 53.0 Å². The number of piperidine rings is 1. The Morgan fingerprint density at radius 3 is 2.37 bits per heavy atom. The number of likely N-dealkylation sites (N-methyl/N-ethyl adjacent to an activating group) is 1. The van der Waals surface area contributed by atoms with E-state index < -0.39 is 0 Å². The molecule has 0 spiro atoms. The van der Waals surface area contributed by atoms with E-state index in [1.54, 1.807) is 0 Å². The monoisotopic (exact) mass is 373 g/mol. The summed E-state index contributed by atoms with van der Waals surface area (Å²) in [6.07, 6.45) is 1.67. The second-order valence-electron chi connectivity index (χ2n) is 7.58. The number of amides is 2. The summed E-state index contributed by atoms with van der Waals surface area (Å²) in [6, 6.07) is 10.1. The Morgan fingerprint density at radius 1 is 1.11 bits per heavy atom. The van der Waals surface area contributed by atoms with Crippen LogP contribution in [0.2, 0.25) is 0 Å². The Labute approximate surface area is 162 Å². The van der Waals surface area contributed by atoms with Crippen LogP contribution in [0.1, 0.15) is 31.4 Å². The molecule has 0 aliphatic carbocycles. The summed E-state index contributed by atoms with van der Waals surface area (Å²) in [4.78, 5) is 31.2.